The van der Waals surface area contributed by atoms with E-state index in [0.29, 0.717) is 23.5 Å². The van der Waals surface area contributed by atoms with Crippen LogP contribution in [0.2, 0.25) is 0 Å². The molecule has 4 rings (SSSR count). The molecule has 1 N–H and O–H groups in total. The smallest absolute Gasteiger partial charge is 0.155 e. The number of rotatable bonds is 1. The summed E-state index contributed by atoms with van der Waals surface area (Å²) >= 11 is 2.35. The fourth-order valence-corrected chi connectivity index (χ4v) is 7.31. The summed E-state index contributed by atoms with van der Waals surface area (Å²) in [7, 11) is 0. The van der Waals surface area contributed by atoms with Crippen LogP contribution in [-0.2, 0) is 4.79 Å². The molecule has 3 saturated carbocycles. The number of hydrogen-bond acceptors (Lipinski definition) is 2. The van der Waals surface area contributed by atoms with Crippen molar-refractivity contribution in [3.63, 3.8) is 0 Å². The van der Waals surface area contributed by atoms with Crippen molar-refractivity contribution in [2.45, 2.75) is 77.2 Å². The summed E-state index contributed by atoms with van der Waals surface area (Å²) in [4.78, 5) is 11.9. The summed E-state index contributed by atoms with van der Waals surface area (Å²) in [6.45, 7) is 4.74. The minimum absolute atomic E-state index is 0.0610. The van der Waals surface area contributed by atoms with Crippen molar-refractivity contribution in [3.8, 4) is 11.8 Å². The Balaban J connectivity index is 1.64. The lowest BCUT2D eigenvalue weighted by atomic mass is 9.46. The monoisotopic (exact) mass is 466 g/mol. The highest BCUT2D eigenvalue weighted by atomic mass is 127. The number of hydrogen-bond donors (Lipinski definition) is 1. The van der Waals surface area contributed by atoms with Crippen LogP contribution in [0.25, 0.3) is 0 Å². The topological polar surface area (TPSA) is 37.3 Å². The van der Waals surface area contributed by atoms with Gasteiger partial charge in [-0.15, -0.1) is 0 Å². The van der Waals surface area contributed by atoms with E-state index in [1.54, 1.807) is 0 Å². The van der Waals surface area contributed by atoms with E-state index >= 15 is 0 Å². The number of carbonyl (C=O) groups is 1. The molecule has 0 bridgehead atoms. The summed E-state index contributed by atoms with van der Waals surface area (Å²) in [5.41, 5.74) is 0.780. The first-order valence-electron chi connectivity index (χ1n) is 10.4. The predicted octanol–water partition coefficient (Wildman–Crippen LogP) is 5.08. The first kappa shape index (κ1) is 19.0. The lowest BCUT2D eigenvalue weighted by Gasteiger charge is -2.58. The van der Waals surface area contributed by atoms with Crippen LogP contribution in [0.1, 0.15) is 71.6 Å². The zero-order chi connectivity index (χ0) is 18.6. The molecule has 2 nitrogen and oxygen atoms in total. The van der Waals surface area contributed by atoms with Gasteiger partial charge >= 0.3 is 0 Å². The van der Waals surface area contributed by atoms with Gasteiger partial charge in [0.2, 0.25) is 0 Å². The molecule has 0 spiro atoms. The molecule has 0 radical (unpaired) electrons. The Morgan fingerprint density at radius 2 is 1.92 bits per heavy atom. The van der Waals surface area contributed by atoms with Gasteiger partial charge in [-0.1, -0.05) is 53.9 Å². The summed E-state index contributed by atoms with van der Waals surface area (Å²) in [5, 5.41) is 11.5. The third kappa shape index (κ3) is 2.65. The third-order valence-electron chi connectivity index (χ3n) is 8.63. The number of halogens is 1. The van der Waals surface area contributed by atoms with Crippen LogP contribution >= 0.6 is 22.6 Å². The molecule has 142 valence electrons. The fourth-order valence-electron chi connectivity index (χ4n) is 7.04. The zero-order valence-corrected chi connectivity index (χ0v) is 18.3. The summed E-state index contributed by atoms with van der Waals surface area (Å²) in [6, 6.07) is 0. The van der Waals surface area contributed by atoms with Gasteiger partial charge < -0.3 is 5.11 Å². The van der Waals surface area contributed by atoms with Crippen LogP contribution in [0.3, 0.4) is 0 Å². The Labute approximate surface area is 171 Å². The quantitative estimate of drug-likeness (QED) is 0.333. The van der Waals surface area contributed by atoms with Crippen molar-refractivity contribution in [2.75, 3.05) is 4.43 Å². The maximum atomic E-state index is 11.9. The third-order valence-corrected chi connectivity index (χ3v) is 9.17. The highest BCUT2D eigenvalue weighted by molar-refractivity contribution is 14.1. The van der Waals surface area contributed by atoms with Crippen molar-refractivity contribution in [3.05, 3.63) is 11.6 Å². The van der Waals surface area contributed by atoms with Gasteiger partial charge in [0, 0.05) is 22.7 Å². The Morgan fingerprint density at radius 3 is 2.69 bits per heavy atom. The van der Waals surface area contributed by atoms with Crippen LogP contribution in [0.5, 0.6) is 0 Å². The average Bonchev–Trinajstić information content (AvgIpc) is 2.87. The van der Waals surface area contributed by atoms with Gasteiger partial charge in [0.05, 0.1) is 0 Å². The zero-order valence-electron chi connectivity index (χ0n) is 16.1. The van der Waals surface area contributed by atoms with Crippen LogP contribution in [-0.4, -0.2) is 20.9 Å². The second kappa shape index (κ2) is 6.62. The standard InChI is InChI=1S/C23H31IO2/c1-21-11-7-17(25)15-16(21)5-6-18-19(21)8-12-22(2)20(18)9-13-23(22,26)10-3-4-14-24/h15,18-20,26H,4-9,11-14H2,1-2H3/t18?,19?,20?,21-,22-,23-/m0/s1. The molecule has 6 atom stereocenters. The number of allylic oxidation sites excluding steroid dienone is 1. The normalized spacial score (nSPS) is 47.2. The van der Waals surface area contributed by atoms with E-state index in [2.05, 4.69) is 48.3 Å². The second-order valence-corrected chi connectivity index (χ2v) is 10.6. The second-order valence-electron chi connectivity index (χ2n) is 9.56. The average molecular weight is 466 g/mol. The molecule has 0 heterocycles. The molecule has 0 amide bonds. The summed E-state index contributed by atoms with van der Waals surface area (Å²) < 4.78 is 1.03. The lowest BCUT2D eigenvalue weighted by Crippen LogP contribution is -2.54. The van der Waals surface area contributed by atoms with Crippen molar-refractivity contribution in [2.24, 2.45) is 28.6 Å². The van der Waals surface area contributed by atoms with Crippen molar-refractivity contribution in [1.29, 1.82) is 0 Å². The number of alkyl halides is 1. The molecule has 0 aromatic heterocycles. The Kier molecular flexibility index (Phi) is 4.84. The minimum Gasteiger partial charge on any atom is -0.377 e. The molecule has 26 heavy (non-hydrogen) atoms. The fraction of sp³-hybridized carbons (Fsp3) is 0.783. The van der Waals surface area contributed by atoms with Crippen LogP contribution in [0.4, 0.5) is 0 Å². The molecule has 3 heteroatoms. The molecule has 3 unspecified atom stereocenters. The first-order valence-corrected chi connectivity index (χ1v) is 11.9. The van der Waals surface area contributed by atoms with Crippen LogP contribution in [0, 0.1) is 40.4 Å². The Bertz CT molecular complexity index is 701. The molecule has 0 aromatic rings. The van der Waals surface area contributed by atoms with E-state index in [9.17, 15) is 9.90 Å². The van der Waals surface area contributed by atoms with Crippen LogP contribution < -0.4 is 0 Å². The van der Waals surface area contributed by atoms with Gasteiger partial charge in [-0.2, -0.15) is 0 Å². The van der Waals surface area contributed by atoms with E-state index in [0.717, 1.165) is 49.4 Å². The van der Waals surface area contributed by atoms with E-state index in [4.69, 9.17) is 0 Å². The number of ketones is 1. The predicted molar refractivity (Wildman–Crippen MR) is 113 cm³/mol. The molecule has 4 aliphatic carbocycles. The van der Waals surface area contributed by atoms with Gasteiger partial charge in [-0.05, 0) is 74.2 Å². The highest BCUT2D eigenvalue weighted by Gasteiger charge is 2.63. The SMILES string of the molecule is C[C@]12CCC(=O)C=C1CCC1C2CC[C@@]2(C)C1CC[C@@]2(O)C#CCCI. The van der Waals surface area contributed by atoms with Crippen molar-refractivity contribution < 1.29 is 9.90 Å². The van der Waals surface area contributed by atoms with Gasteiger partial charge in [0.15, 0.2) is 5.78 Å². The molecular formula is C23H31IO2. The summed E-state index contributed by atoms with van der Waals surface area (Å²) in [6.07, 6.45) is 11.1. The van der Waals surface area contributed by atoms with Crippen LogP contribution in [0.15, 0.2) is 11.6 Å². The van der Waals surface area contributed by atoms with Gasteiger partial charge in [0.25, 0.3) is 0 Å². The van der Waals surface area contributed by atoms with E-state index in [1.165, 1.54) is 18.4 Å². The number of fused-ring (bicyclic) bond motifs is 5. The molecule has 0 saturated heterocycles. The molecule has 0 aliphatic heterocycles. The Morgan fingerprint density at radius 1 is 1.15 bits per heavy atom. The Hall–Kier alpha value is -0.340. The number of carbonyl (C=O) groups excluding carboxylic acids is 1. The largest absolute Gasteiger partial charge is 0.377 e. The van der Waals surface area contributed by atoms with E-state index < -0.39 is 5.60 Å². The molecular weight excluding hydrogens is 435 g/mol. The maximum Gasteiger partial charge on any atom is 0.155 e. The van der Waals surface area contributed by atoms with E-state index in [-0.39, 0.29) is 10.8 Å². The molecule has 4 aliphatic rings. The van der Waals surface area contributed by atoms with Crippen molar-refractivity contribution in [1.82, 2.24) is 0 Å². The first-order chi connectivity index (χ1) is 12.3. The lowest BCUT2D eigenvalue weighted by molar-refractivity contribution is -0.119. The van der Waals surface area contributed by atoms with Gasteiger partial charge in [-0.3, -0.25) is 4.79 Å². The van der Waals surface area contributed by atoms with E-state index in [1.807, 2.05) is 6.08 Å². The molecule has 0 aromatic carbocycles. The maximum absolute atomic E-state index is 11.9. The summed E-state index contributed by atoms with van der Waals surface area (Å²) in [5.74, 6) is 8.84. The van der Waals surface area contributed by atoms with Crippen molar-refractivity contribution >= 4 is 28.4 Å². The number of aliphatic hydroxyl groups is 1. The minimum atomic E-state index is -0.798. The molecule has 3 fully saturated rings. The van der Waals surface area contributed by atoms with Gasteiger partial charge in [0.1, 0.15) is 5.60 Å². The van der Waals surface area contributed by atoms with Gasteiger partial charge in [-0.25, -0.2) is 0 Å². The highest BCUT2D eigenvalue weighted by Crippen LogP contribution is 2.67.